The summed E-state index contributed by atoms with van der Waals surface area (Å²) in [7, 11) is 0. The first-order valence-electron chi connectivity index (χ1n) is 5.30. The smallest absolute Gasteiger partial charge is 0.323 e. The van der Waals surface area contributed by atoms with E-state index in [-0.39, 0.29) is 10.9 Å². The first kappa shape index (κ1) is 13.0. The van der Waals surface area contributed by atoms with Gasteiger partial charge in [-0.05, 0) is 23.7 Å². The fourth-order valence-electron chi connectivity index (χ4n) is 1.41. The van der Waals surface area contributed by atoms with Crippen LogP contribution in [0.2, 0.25) is 5.15 Å². The SMILES string of the molecule is O=C(Nc1cccc(O)c1)Nc1cc[n+]([O-])c(Cl)c1. The highest BCUT2D eigenvalue weighted by Crippen LogP contribution is 2.16. The Morgan fingerprint density at radius 3 is 2.53 bits per heavy atom. The summed E-state index contributed by atoms with van der Waals surface area (Å²) >= 11 is 5.62. The van der Waals surface area contributed by atoms with Gasteiger partial charge in [0.25, 0.3) is 5.15 Å². The van der Waals surface area contributed by atoms with Crippen LogP contribution in [0, 0.1) is 5.21 Å². The number of hydrogen-bond acceptors (Lipinski definition) is 3. The molecule has 1 aromatic carbocycles. The Bertz CT molecular complexity index is 619. The second-order valence-electron chi connectivity index (χ2n) is 3.69. The van der Waals surface area contributed by atoms with Crippen LogP contribution in [0.5, 0.6) is 5.75 Å². The number of nitrogens with one attached hydrogen (secondary N) is 2. The first-order chi connectivity index (χ1) is 9.04. The lowest BCUT2D eigenvalue weighted by atomic mass is 10.3. The van der Waals surface area contributed by atoms with Crippen molar-refractivity contribution in [3.63, 3.8) is 0 Å². The van der Waals surface area contributed by atoms with E-state index < -0.39 is 6.03 Å². The lowest BCUT2D eigenvalue weighted by molar-refractivity contribution is -0.602. The molecule has 0 atom stereocenters. The van der Waals surface area contributed by atoms with Gasteiger partial charge in [0.1, 0.15) is 5.75 Å². The molecule has 2 rings (SSSR count). The second kappa shape index (κ2) is 5.45. The number of aromatic hydroxyl groups is 1. The molecule has 19 heavy (non-hydrogen) atoms. The summed E-state index contributed by atoms with van der Waals surface area (Å²) in [6.45, 7) is 0. The van der Waals surface area contributed by atoms with Crippen LogP contribution in [0.4, 0.5) is 16.2 Å². The number of pyridine rings is 1. The van der Waals surface area contributed by atoms with Crippen molar-refractivity contribution in [2.45, 2.75) is 0 Å². The number of rotatable bonds is 2. The van der Waals surface area contributed by atoms with Crippen LogP contribution in [0.15, 0.2) is 42.6 Å². The van der Waals surface area contributed by atoms with E-state index >= 15 is 0 Å². The Morgan fingerprint density at radius 1 is 1.21 bits per heavy atom. The molecule has 2 amide bonds. The number of amides is 2. The van der Waals surface area contributed by atoms with Gasteiger partial charge in [0.2, 0.25) is 0 Å². The van der Waals surface area contributed by atoms with Crippen LogP contribution >= 0.6 is 11.6 Å². The molecule has 0 aliphatic carbocycles. The lowest BCUT2D eigenvalue weighted by Gasteiger charge is -2.08. The van der Waals surface area contributed by atoms with Gasteiger partial charge in [0, 0.05) is 23.9 Å². The van der Waals surface area contributed by atoms with Gasteiger partial charge in [-0.1, -0.05) is 6.07 Å². The molecule has 0 radical (unpaired) electrons. The van der Waals surface area contributed by atoms with Crippen molar-refractivity contribution < 1.29 is 14.6 Å². The molecular weight excluding hydrogens is 270 g/mol. The highest BCUT2D eigenvalue weighted by atomic mass is 35.5. The van der Waals surface area contributed by atoms with E-state index in [1.807, 2.05) is 0 Å². The van der Waals surface area contributed by atoms with Gasteiger partial charge in [-0.15, -0.1) is 0 Å². The number of hydrogen-bond donors (Lipinski definition) is 3. The van der Waals surface area contributed by atoms with Crippen LogP contribution < -0.4 is 15.4 Å². The Balaban J connectivity index is 2.03. The van der Waals surface area contributed by atoms with Crippen molar-refractivity contribution in [1.29, 1.82) is 0 Å². The quantitative estimate of drug-likeness (QED) is 0.448. The standard InChI is InChI=1S/C12H10ClN3O3/c13-11-7-9(4-5-16(11)19)15-12(18)14-8-2-1-3-10(17)6-8/h1-7,17H,(H2,14,15,18). The number of nitrogens with zero attached hydrogens (tertiary/aromatic N) is 1. The average Bonchev–Trinajstić information content (AvgIpc) is 2.34. The molecule has 0 bridgehead atoms. The van der Waals surface area contributed by atoms with Crippen LogP contribution in [-0.2, 0) is 0 Å². The van der Waals surface area contributed by atoms with E-state index in [1.54, 1.807) is 12.1 Å². The van der Waals surface area contributed by atoms with Crippen LogP contribution in [0.1, 0.15) is 0 Å². The first-order valence-corrected chi connectivity index (χ1v) is 5.68. The van der Waals surface area contributed by atoms with Crippen LogP contribution in [0.3, 0.4) is 0 Å². The third-order valence-corrected chi connectivity index (χ3v) is 2.51. The van der Waals surface area contributed by atoms with Gasteiger partial charge in [-0.25, -0.2) is 4.79 Å². The summed E-state index contributed by atoms with van der Waals surface area (Å²) < 4.78 is 0.472. The van der Waals surface area contributed by atoms with E-state index in [1.165, 1.54) is 30.5 Å². The van der Waals surface area contributed by atoms with E-state index in [4.69, 9.17) is 11.6 Å². The molecule has 0 unspecified atom stereocenters. The second-order valence-corrected chi connectivity index (χ2v) is 4.08. The molecule has 0 saturated heterocycles. The summed E-state index contributed by atoms with van der Waals surface area (Å²) in [5.74, 6) is 0.0490. The van der Waals surface area contributed by atoms with Gasteiger partial charge in [0.05, 0.1) is 5.69 Å². The Hall–Kier alpha value is -2.47. The third-order valence-electron chi connectivity index (χ3n) is 2.24. The molecule has 1 heterocycles. The number of carbonyl (C=O) groups is 1. The van der Waals surface area contributed by atoms with E-state index in [2.05, 4.69) is 10.6 Å². The van der Waals surface area contributed by atoms with Gasteiger partial charge >= 0.3 is 6.03 Å². The Kier molecular flexibility index (Phi) is 3.72. The average molecular weight is 280 g/mol. The number of urea groups is 1. The number of benzene rings is 1. The van der Waals surface area contributed by atoms with Crippen molar-refractivity contribution >= 4 is 29.0 Å². The fraction of sp³-hybridized carbons (Fsp3) is 0. The monoisotopic (exact) mass is 279 g/mol. The zero-order chi connectivity index (χ0) is 13.8. The van der Waals surface area contributed by atoms with Gasteiger partial charge in [-0.3, -0.25) is 0 Å². The topological polar surface area (TPSA) is 88.3 Å². The predicted molar refractivity (Wildman–Crippen MR) is 71.2 cm³/mol. The van der Waals surface area contributed by atoms with Gasteiger partial charge in [0.15, 0.2) is 6.20 Å². The Labute approximate surface area is 113 Å². The molecule has 2 aromatic rings. The van der Waals surface area contributed by atoms with Gasteiger partial charge < -0.3 is 20.9 Å². The van der Waals surface area contributed by atoms with Crippen molar-refractivity contribution in [3.8, 4) is 5.75 Å². The minimum absolute atomic E-state index is 0.0462. The summed E-state index contributed by atoms with van der Waals surface area (Å²) in [6.07, 6.45) is 1.19. The van der Waals surface area contributed by atoms with Crippen molar-refractivity contribution in [2.75, 3.05) is 10.6 Å². The fourth-order valence-corrected chi connectivity index (χ4v) is 1.59. The highest BCUT2D eigenvalue weighted by molar-refractivity contribution is 6.28. The third kappa shape index (κ3) is 3.49. The zero-order valence-corrected chi connectivity index (χ0v) is 10.4. The molecule has 0 spiro atoms. The van der Waals surface area contributed by atoms with E-state index in [9.17, 15) is 15.1 Å². The highest BCUT2D eigenvalue weighted by Gasteiger charge is 2.07. The minimum Gasteiger partial charge on any atom is -0.618 e. The maximum absolute atomic E-state index is 11.7. The summed E-state index contributed by atoms with van der Waals surface area (Å²) in [6, 6.07) is 8.37. The Morgan fingerprint density at radius 2 is 1.89 bits per heavy atom. The van der Waals surface area contributed by atoms with Crippen molar-refractivity contribution in [1.82, 2.24) is 0 Å². The summed E-state index contributed by atoms with van der Waals surface area (Å²) in [4.78, 5) is 11.7. The molecule has 0 aliphatic rings. The van der Waals surface area contributed by atoms with E-state index in [0.29, 0.717) is 16.1 Å². The number of phenolic OH excluding ortho intramolecular Hbond substituents is 1. The minimum atomic E-state index is -0.509. The largest absolute Gasteiger partial charge is 0.618 e. The molecule has 98 valence electrons. The molecular formula is C12H10ClN3O3. The number of anilines is 2. The van der Waals surface area contributed by atoms with Crippen LogP contribution in [-0.4, -0.2) is 11.1 Å². The summed E-state index contributed by atoms with van der Waals surface area (Å²) in [5, 5.41) is 25.3. The normalized spacial score (nSPS) is 9.95. The summed E-state index contributed by atoms with van der Waals surface area (Å²) in [5.41, 5.74) is 0.827. The number of aromatic nitrogens is 1. The lowest BCUT2D eigenvalue weighted by Crippen LogP contribution is -2.27. The molecule has 6 nitrogen and oxygen atoms in total. The van der Waals surface area contributed by atoms with Crippen molar-refractivity contribution in [2.24, 2.45) is 0 Å². The number of halogens is 1. The molecule has 7 heteroatoms. The molecule has 0 fully saturated rings. The number of phenols is 1. The predicted octanol–water partition coefficient (Wildman–Crippen LogP) is 2.32. The molecule has 1 aromatic heterocycles. The van der Waals surface area contributed by atoms with Gasteiger partial charge in [-0.2, -0.15) is 4.73 Å². The zero-order valence-electron chi connectivity index (χ0n) is 9.63. The maximum atomic E-state index is 11.7. The molecule has 3 N–H and O–H groups in total. The van der Waals surface area contributed by atoms with Crippen molar-refractivity contribution in [3.05, 3.63) is 53.0 Å². The molecule has 0 saturated carbocycles. The van der Waals surface area contributed by atoms with Crippen LogP contribution in [0.25, 0.3) is 0 Å². The number of carbonyl (C=O) groups excluding carboxylic acids is 1. The molecule has 0 aliphatic heterocycles. The maximum Gasteiger partial charge on any atom is 0.323 e. The van der Waals surface area contributed by atoms with E-state index in [0.717, 1.165) is 0 Å².